The molecule has 0 unspecified atom stereocenters. The third kappa shape index (κ3) is 4.19. The lowest BCUT2D eigenvalue weighted by atomic mass is 9.75. The molecular weight excluding hydrogens is 476 g/mol. The normalized spacial score (nSPS) is 12.7. The second kappa shape index (κ2) is 9.99. The highest BCUT2D eigenvalue weighted by Gasteiger charge is 2.46. The third-order valence-electron chi connectivity index (χ3n) is 6.75. The second-order valence-electron chi connectivity index (χ2n) is 8.92. The second-order valence-corrected chi connectivity index (χ2v) is 9.88. The van der Waals surface area contributed by atoms with Crippen molar-refractivity contribution in [2.24, 2.45) is 0 Å². The number of fused-ring (bicyclic) bond motifs is 1. The molecule has 0 saturated heterocycles. The summed E-state index contributed by atoms with van der Waals surface area (Å²) < 4.78 is 0. The highest BCUT2D eigenvalue weighted by atomic mass is 32.2. The Bertz CT molecular complexity index is 1440. The third-order valence-corrected chi connectivity index (χ3v) is 7.69. The fourth-order valence-corrected chi connectivity index (χ4v) is 5.92. The summed E-state index contributed by atoms with van der Waals surface area (Å²) in [4.78, 5) is 23.5. The molecule has 0 amide bonds. The SMILES string of the molecule is O=c1[nH]c(SCc2ccccc2)nc2c1NCN2C(c1ccccc1)(c1ccccc1)c1ccccc1. The van der Waals surface area contributed by atoms with Gasteiger partial charge in [0.15, 0.2) is 11.0 Å². The number of nitrogens with one attached hydrogen (secondary N) is 2. The van der Waals surface area contributed by atoms with Gasteiger partial charge in [-0.05, 0) is 22.3 Å². The van der Waals surface area contributed by atoms with Crippen LogP contribution in [0.2, 0.25) is 0 Å². The fourth-order valence-electron chi connectivity index (χ4n) is 5.11. The lowest BCUT2D eigenvalue weighted by Gasteiger charge is -2.44. The van der Waals surface area contributed by atoms with Crippen molar-refractivity contribution in [3.63, 3.8) is 0 Å². The van der Waals surface area contributed by atoms with Gasteiger partial charge in [0.25, 0.3) is 5.56 Å². The van der Waals surface area contributed by atoms with Crippen LogP contribution in [0.15, 0.2) is 131 Å². The van der Waals surface area contributed by atoms with Gasteiger partial charge >= 0.3 is 0 Å². The minimum atomic E-state index is -0.704. The van der Waals surface area contributed by atoms with Gasteiger partial charge in [0, 0.05) is 5.75 Å². The van der Waals surface area contributed by atoms with Crippen LogP contribution in [-0.2, 0) is 11.3 Å². The van der Waals surface area contributed by atoms with E-state index in [0.29, 0.717) is 23.3 Å². The molecule has 0 fully saturated rings. The number of H-pyrrole nitrogens is 1. The number of nitrogens with zero attached hydrogens (tertiary/aromatic N) is 2. The first-order valence-electron chi connectivity index (χ1n) is 12.3. The Morgan fingerprint density at radius 1 is 0.730 bits per heavy atom. The quantitative estimate of drug-likeness (QED) is 0.157. The van der Waals surface area contributed by atoms with Crippen LogP contribution in [0.1, 0.15) is 22.3 Å². The van der Waals surface area contributed by atoms with Crippen molar-refractivity contribution >= 4 is 23.3 Å². The number of aromatic nitrogens is 2. The van der Waals surface area contributed by atoms with Gasteiger partial charge in [-0.3, -0.25) is 9.78 Å². The predicted molar refractivity (Wildman–Crippen MR) is 151 cm³/mol. The highest BCUT2D eigenvalue weighted by molar-refractivity contribution is 7.98. The van der Waals surface area contributed by atoms with E-state index >= 15 is 0 Å². The van der Waals surface area contributed by atoms with Gasteiger partial charge < -0.3 is 10.2 Å². The molecule has 4 aromatic carbocycles. The average molecular weight is 503 g/mol. The lowest BCUT2D eigenvalue weighted by molar-refractivity contribution is 0.576. The molecule has 2 N–H and O–H groups in total. The van der Waals surface area contributed by atoms with Gasteiger partial charge in [-0.15, -0.1) is 0 Å². The van der Waals surface area contributed by atoms with Gasteiger partial charge in [0.2, 0.25) is 0 Å². The maximum atomic E-state index is 13.2. The predicted octanol–water partition coefficient (Wildman–Crippen LogP) is 6.24. The van der Waals surface area contributed by atoms with Crippen LogP contribution >= 0.6 is 11.8 Å². The summed E-state index contributed by atoms with van der Waals surface area (Å²) in [5.41, 5.74) is 4.11. The molecule has 5 aromatic rings. The zero-order valence-corrected chi connectivity index (χ0v) is 21.0. The largest absolute Gasteiger partial charge is 0.360 e. The van der Waals surface area contributed by atoms with E-state index in [1.54, 1.807) is 0 Å². The van der Waals surface area contributed by atoms with Crippen LogP contribution in [0.5, 0.6) is 0 Å². The van der Waals surface area contributed by atoms with Gasteiger partial charge in [0.1, 0.15) is 11.2 Å². The Morgan fingerprint density at radius 2 is 1.22 bits per heavy atom. The molecule has 1 aliphatic heterocycles. The Kier molecular flexibility index (Phi) is 6.25. The first-order valence-corrected chi connectivity index (χ1v) is 13.2. The zero-order valence-electron chi connectivity index (χ0n) is 20.2. The maximum absolute atomic E-state index is 13.2. The summed E-state index contributed by atoms with van der Waals surface area (Å²) in [7, 11) is 0. The summed E-state index contributed by atoms with van der Waals surface area (Å²) >= 11 is 1.53. The van der Waals surface area contributed by atoms with E-state index in [2.05, 4.69) is 100 Å². The first-order chi connectivity index (χ1) is 18.3. The maximum Gasteiger partial charge on any atom is 0.277 e. The van der Waals surface area contributed by atoms with Crippen LogP contribution in [0, 0.1) is 0 Å². The molecule has 1 aromatic heterocycles. The van der Waals surface area contributed by atoms with Gasteiger partial charge in [0.05, 0.1) is 6.67 Å². The topological polar surface area (TPSA) is 61.0 Å². The molecular formula is C31H26N4OS. The Hall–Kier alpha value is -4.29. The number of rotatable bonds is 7. The van der Waals surface area contributed by atoms with E-state index < -0.39 is 5.54 Å². The molecule has 6 heteroatoms. The van der Waals surface area contributed by atoms with E-state index in [0.717, 1.165) is 22.4 Å². The standard InChI is InChI=1S/C31H26N4OS/c36-29-27-28(33-30(34-29)37-21-23-13-5-1-6-14-23)35(22-32-27)31(24-15-7-2-8-16-24,25-17-9-3-10-18-25)26-19-11-4-12-20-26/h1-20,32H,21-22H2,(H,33,34,36). The molecule has 5 nitrogen and oxygen atoms in total. The summed E-state index contributed by atoms with van der Waals surface area (Å²) in [6.07, 6.45) is 0. The zero-order chi connectivity index (χ0) is 25.1. The number of anilines is 2. The summed E-state index contributed by atoms with van der Waals surface area (Å²) in [6.45, 7) is 0.441. The summed E-state index contributed by atoms with van der Waals surface area (Å²) in [5.74, 6) is 1.37. The Labute approximate surface area is 220 Å². The molecule has 0 atom stereocenters. The smallest absolute Gasteiger partial charge is 0.277 e. The first kappa shape index (κ1) is 23.1. The van der Waals surface area contributed by atoms with Crippen molar-refractivity contribution in [3.05, 3.63) is 154 Å². The number of benzene rings is 4. The van der Waals surface area contributed by atoms with Crippen LogP contribution in [0.25, 0.3) is 0 Å². The van der Waals surface area contributed by atoms with Crippen molar-refractivity contribution in [2.45, 2.75) is 16.4 Å². The van der Waals surface area contributed by atoms with Crippen LogP contribution in [-0.4, -0.2) is 16.6 Å². The van der Waals surface area contributed by atoms with E-state index in [4.69, 9.17) is 4.98 Å². The number of hydrogen-bond donors (Lipinski definition) is 2. The van der Waals surface area contributed by atoms with E-state index in [-0.39, 0.29) is 5.56 Å². The average Bonchev–Trinajstić information content (AvgIpc) is 3.40. The molecule has 0 radical (unpaired) electrons. The van der Waals surface area contributed by atoms with Gasteiger partial charge in [-0.1, -0.05) is 133 Å². The van der Waals surface area contributed by atoms with E-state index in [1.165, 1.54) is 17.3 Å². The lowest BCUT2D eigenvalue weighted by Crippen LogP contribution is -2.48. The van der Waals surface area contributed by atoms with Crippen LogP contribution in [0.3, 0.4) is 0 Å². The fraction of sp³-hybridized carbons (Fsp3) is 0.0968. The molecule has 6 rings (SSSR count). The van der Waals surface area contributed by atoms with Crippen molar-refractivity contribution < 1.29 is 0 Å². The molecule has 0 aliphatic carbocycles. The van der Waals surface area contributed by atoms with Crippen molar-refractivity contribution in [2.75, 3.05) is 16.9 Å². The monoisotopic (exact) mass is 502 g/mol. The van der Waals surface area contributed by atoms with Crippen LogP contribution < -0.4 is 15.8 Å². The van der Waals surface area contributed by atoms with Gasteiger partial charge in [-0.25, -0.2) is 4.98 Å². The van der Waals surface area contributed by atoms with Crippen LogP contribution in [0.4, 0.5) is 11.5 Å². The number of thioether (sulfide) groups is 1. The van der Waals surface area contributed by atoms with Crippen molar-refractivity contribution in [3.8, 4) is 0 Å². The highest BCUT2D eigenvalue weighted by Crippen LogP contribution is 2.47. The number of hydrogen-bond acceptors (Lipinski definition) is 5. The Balaban J connectivity index is 1.54. The molecule has 1 aliphatic rings. The molecule has 0 spiro atoms. The molecule has 0 bridgehead atoms. The molecule has 0 saturated carbocycles. The van der Waals surface area contributed by atoms with E-state index in [9.17, 15) is 4.79 Å². The minimum Gasteiger partial charge on any atom is -0.360 e. The van der Waals surface area contributed by atoms with Crippen molar-refractivity contribution in [1.29, 1.82) is 0 Å². The minimum absolute atomic E-state index is 0.161. The molecule has 37 heavy (non-hydrogen) atoms. The van der Waals surface area contributed by atoms with Gasteiger partial charge in [-0.2, -0.15) is 0 Å². The number of aromatic amines is 1. The van der Waals surface area contributed by atoms with E-state index in [1.807, 2.05) is 36.4 Å². The summed E-state index contributed by atoms with van der Waals surface area (Å²) in [5, 5.41) is 3.95. The Morgan fingerprint density at radius 3 is 1.73 bits per heavy atom. The molecule has 2 heterocycles. The molecule has 182 valence electrons. The van der Waals surface area contributed by atoms with Crippen molar-refractivity contribution in [1.82, 2.24) is 9.97 Å². The summed E-state index contributed by atoms with van der Waals surface area (Å²) in [6, 6.07) is 41.6.